The summed E-state index contributed by atoms with van der Waals surface area (Å²) in [5.74, 6) is 1.15. The molecule has 0 aliphatic rings. The Balaban J connectivity index is 2.10. The van der Waals surface area contributed by atoms with E-state index in [9.17, 15) is 4.79 Å². The van der Waals surface area contributed by atoms with Crippen LogP contribution in [0.2, 0.25) is 0 Å². The molecule has 1 aromatic heterocycles. The second-order valence-corrected chi connectivity index (χ2v) is 5.45. The molecule has 0 atom stereocenters. The second-order valence-electron chi connectivity index (χ2n) is 4.54. The smallest absolute Gasteiger partial charge is 0.198 e. The van der Waals surface area contributed by atoms with Crippen molar-refractivity contribution in [3.63, 3.8) is 0 Å². The highest BCUT2D eigenvalue weighted by Crippen LogP contribution is 2.31. The standard InChI is InChI=1S/C17H14O3S/c1-19-11-7-8-13(15(9-11)20-2)17(18)14-10-21-16-6-4-3-5-12(14)16/h3-10H,1-2H3. The molecule has 0 spiro atoms. The number of carbonyl (C=O) groups is 1. The lowest BCUT2D eigenvalue weighted by atomic mass is 10.0. The highest BCUT2D eigenvalue weighted by molar-refractivity contribution is 7.17. The second kappa shape index (κ2) is 5.58. The molecule has 0 aliphatic heterocycles. The Bertz CT molecular complexity index is 805. The molecule has 0 saturated heterocycles. The van der Waals surface area contributed by atoms with E-state index < -0.39 is 0 Å². The van der Waals surface area contributed by atoms with Crippen LogP contribution in [0.3, 0.4) is 0 Å². The van der Waals surface area contributed by atoms with E-state index in [0.717, 1.165) is 10.1 Å². The van der Waals surface area contributed by atoms with Gasteiger partial charge < -0.3 is 9.47 Å². The molecule has 0 N–H and O–H groups in total. The molecule has 2 aromatic carbocycles. The minimum Gasteiger partial charge on any atom is -0.497 e. The van der Waals surface area contributed by atoms with Crippen molar-refractivity contribution in [3.8, 4) is 11.5 Å². The molecule has 106 valence electrons. The lowest BCUT2D eigenvalue weighted by molar-refractivity contribution is 0.103. The zero-order valence-electron chi connectivity index (χ0n) is 11.8. The maximum Gasteiger partial charge on any atom is 0.198 e. The molecule has 4 heteroatoms. The molecule has 0 saturated carbocycles. The third-order valence-corrected chi connectivity index (χ3v) is 4.34. The first-order valence-electron chi connectivity index (χ1n) is 6.47. The number of hydrogen-bond donors (Lipinski definition) is 0. The number of thiophene rings is 1. The highest BCUT2D eigenvalue weighted by Gasteiger charge is 2.18. The first kappa shape index (κ1) is 13.6. The molecule has 0 aliphatic carbocycles. The fraction of sp³-hybridized carbons (Fsp3) is 0.118. The van der Waals surface area contributed by atoms with Crippen LogP contribution in [0, 0.1) is 0 Å². The Kier molecular flexibility index (Phi) is 3.62. The molecule has 3 rings (SSSR count). The van der Waals surface area contributed by atoms with E-state index in [2.05, 4.69) is 0 Å². The van der Waals surface area contributed by atoms with Crippen LogP contribution in [0.15, 0.2) is 47.8 Å². The molecule has 0 amide bonds. The number of fused-ring (bicyclic) bond motifs is 1. The van der Waals surface area contributed by atoms with Crippen LogP contribution in [0.1, 0.15) is 15.9 Å². The molecule has 0 bridgehead atoms. The quantitative estimate of drug-likeness (QED) is 0.679. The van der Waals surface area contributed by atoms with Crippen molar-refractivity contribution < 1.29 is 14.3 Å². The number of methoxy groups -OCH3 is 2. The number of carbonyl (C=O) groups excluding carboxylic acids is 1. The van der Waals surface area contributed by atoms with Gasteiger partial charge >= 0.3 is 0 Å². The van der Waals surface area contributed by atoms with Crippen LogP contribution in [-0.4, -0.2) is 20.0 Å². The van der Waals surface area contributed by atoms with Gasteiger partial charge in [-0.05, 0) is 18.2 Å². The lowest BCUT2D eigenvalue weighted by Gasteiger charge is -2.09. The number of hydrogen-bond acceptors (Lipinski definition) is 4. The van der Waals surface area contributed by atoms with Crippen molar-refractivity contribution in [2.75, 3.05) is 14.2 Å². The Morgan fingerprint density at radius 2 is 1.81 bits per heavy atom. The van der Waals surface area contributed by atoms with E-state index in [4.69, 9.17) is 9.47 Å². The van der Waals surface area contributed by atoms with E-state index in [1.54, 1.807) is 43.8 Å². The van der Waals surface area contributed by atoms with E-state index in [0.29, 0.717) is 22.6 Å². The van der Waals surface area contributed by atoms with Crippen molar-refractivity contribution in [1.29, 1.82) is 0 Å². The van der Waals surface area contributed by atoms with Crippen LogP contribution >= 0.6 is 11.3 Å². The molecule has 0 fully saturated rings. The van der Waals surface area contributed by atoms with Crippen LogP contribution in [0.5, 0.6) is 11.5 Å². The Morgan fingerprint density at radius 3 is 2.57 bits per heavy atom. The number of ether oxygens (including phenoxy) is 2. The lowest BCUT2D eigenvalue weighted by Crippen LogP contribution is -2.03. The summed E-state index contributed by atoms with van der Waals surface area (Å²) in [7, 11) is 3.14. The van der Waals surface area contributed by atoms with Gasteiger partial charge in [0, 0.05) is 27.1 Å². The van der Waals surface area contributed by atoms with Gasteiger partial charge in [-0.2, -0.15) is 0 Å². The maximum absolute atomic E-state index is 12.8. The van der Waals surface area contributed by atoms with Crippen LogP contribution in [0.4, 0.5) is 0 Å². The molecule has 1 heterocycles. The van der Waals surface area contributed by atoms with Gasteiger partial charge in [-0.3, -0.25) is 4.79 Å². The number of benzene rings is 2. The summed E-state index contributed by atoms with van der Waals surface area (Å²) in [6.45, 7) is 0. The monoisotopic (exact) mass is 298 g/mol. The third-order valence-electron chi connectivity index (χ3n) is 3.38. The van der Waals surface area contributed by atoms with Crippen LogP contribution in [0.25, 0.3) is 10.1 Å². The van der Waals surface area contributed by atoms with Gasteiger partial charge in [0.2, 0.25) is 0 Å². The maximum atomic E-state index is 12.8. The largest absolute Gasteiger partial charge is 0.497 e. The van der Waals surface area contributed by atoms with Crippen molar-refractivity contribution in [1.82, 2.24) is 0 Å². The normalized spacial score (nSPS) is 10.6. The zero-order valence-corrected chi connectivity index (χ0v) is 12.6. The summed E-state index contributed by atoms with van der Waals surface area (Å²) in [6, 6.07) is 13.1. The molecule has 0 radical (unpaired) electrons. The summed E-state index contributed by atoms with van der Waals surface area (Å²) in [5, 5.41) is 2.88. The van der Waals surface area contributed by atoms with Gasteiger partial charge in [0.05, 0.1) is 19.8 Å². The number of rotatable bonds is 4. The Hall–Kier alpha value is -2.33. The Morgan fingerprint density at radius 1 is 1.00 bits per heavy atom. The van der Waals surface area contributed by atoms with Gasteiger partial charge in [-0.25, -0.2) is 0 Å². The fourth-order valence-electron chi connectivity index (χ4n) is 2.28. The Labute approximate surface area is 126 Å². The summed E-state index contributed by atoms with van der Waals surface area (Å²) < 4.78 is 11.6. The first-order valence-corrected chi connectivity index (χ1v) is 7.35. The molecular formula is C17H14O3S. The topological polar surface area (TPSA) is 35.5 Å². The van der Waals surface area contributed by atoms with Gasteiger partial charge in [-0.15, -0.1) is 11.3 Å². The molecular weight excluding hydrogens is 284 g/mol. The van der Waals surface area contributed by atoms with Gasteiger partial charge in [-0.1, -0.05) is 18.2 Å². The van der Waals surface area contributed by atoms with Gasteiger partial charge in [0.1, 0.15) is 11.5 Å². The van der Waals surface area contributed by atoms with Crippen molar-refractivity contribution in [2.45, 2.75) is 0 Å². The average Bonchev–Trinajstić information content (AvgIpc) is 2.97. The summed E-state index contributed by atoms with van der Waals surface area (Å²) in [5.41, 5.74) is 1.25. The highest BCUT2D eigenvalue weighted by atomic mass is 32.1. The molecule has 3 aromatic rings. The summed E-state index contributed by atoms with van der Waals surface area (Å²) in [4.78, 5) is 12.8. The van der Waals surface area contributed by atoms with Gasteiger partial charge in [0.15, 0.2) is 5.78 Å². The summed E-state index contributed by atoms with van der Waals surface area (Å²) in [6.07, 6.45) is 0. The molecule has 0 unspecified atom stereocenters. The minimum atomic E-state index is -0.0352. The van der Waals surface area contributed by atoms with Crippen molar-refractivity contribution in [2.24, 2.45) is 0 Å². The van der Waals surface area contributed by atoms with E-state index in [-0.39, 0.29) is 5.78 Å². The fourth-order valence-corrected chi connectivity index (χ4v) is 3.23. The van der Waals surface area contributed by atoms with E-state index in [1.165, 1.54) is 0 Å². The van der Waals surface area contributed by atoms with Crippen LogP contribution in [-0.2, 0) is 0 Å². The SMILES string of the molecule is COc1ccc(C(=O)c2csc3ccccc23)c(OC)c1. The first-order chi connectivity index (χ1) is 10.2. The molecule has 21 heavy (non-hydrogen) atoms. The third kappa shape index (κ3) is 2.38. The summed E-state index contributed by atoms with van der Waals surface area (Å²) >= 11 is 1.57. The molecule has 3 nitrogen and oxygen atoms in total. The van der Waals surface area contributed by atoms with Gasteiger partial charge in [0.25, 0.3) is 0 Å². The average molecular weight is 298 g/mol. The number of ketones is 1. The predicted octanol–water partition coefficient (Wildman–Crippen LogP) is 4.15. The minimum absolute atomic E-state index is 0.0352. The van der Waals surface area contributed by atoms with E-state index in [1.807, 2.05) is 29.6 Å². The van der Waals surface area contributed by atoms with Crippen molar-refractivity contribution >= 4 is 27.2 Å². The predicted molar refractivity (Wildman–Crippen MR) is 84.8 cm³/mol. The zero-order chi connectivity index (χ0) is 14.8. The van der Waals surface area contributed by atoms with Crippen molar-refractivity contribution in [3.05, 3.63) is 59.0 Å². The van der Waals surface area contributed by atoms with Crippen LogP contribution < -0.4 is 9.47 Å². The van der Waals surface area contributed by atoms with E-state index >= 15 is 0 Å².